The lowest BCUT2D eigenvalue weighted by atomic mass is 9.87. The molecule has 0 radical (unpaired) electrons. The normalized spacial score (nSPS) is 22.1. The van der Waals surface area contributed by atoms with Gasteiger partial charge in [-0.05, 0) is 38.5 Å². The topological polar surface area (TPSA) is 66.6 Å². The first-order valence-corrected chi connectivity index (χ1v) is 8.86. The average molecular weight is 321 g/mol. The van der Waals surface area contributed by atoms with E-state index in [-0.39, 0.29) is 12.0 Å². The molecule has 2 N–H and O–H groups in total. The number of hydrogen-bond donors (Lipinski definition) is 2. The fourth-order valence-corrected chi connectivity index (χ4v) is 4.11. The minimum atomic E-state index is -0.181. The summed E-state index contributed by atoms with van der Waals surface area (Å²) in [4.78, 5) is 17.4. The van der Waals surface area contributed by atoms with Gasteiger partial charge in [0.1, 0.15) is 0 Å². The quantitative estimate of drug-likeness (QED) is 0.888. The number of carbonyl (C=O) groups excluding carboxylic acids is 1. The number of carbonyl (C=O) groups is 1. The first-order valence-electron chi connectivity index (χ1n) is 7.98. The number of fused-ring (bicyclic) bond motifs is 1. The fraction of sp³-hybridized carbons (Fsp3) is 0.625. The molecule has 0 aliphatic heterocycles. The summed E-state index contributed by atoms with van der Waals surface area (Å²) in [5.74, 6) is 0.521. The van der Waals surface area contributed by atoms with E-state index in [0.29, 0.717) is 18.9 Å². The predicted octanol–water partition coefficient (Wildman–Crippen LogP) is 2.30. The Labute approximate surface area is 134 Å². The number of amides is 1. The zero-order chi connectivity index (χ0) is 15.5. The molecule has 2 aromatic rings. The van der Waals surface area contributed by atoms with Crippen LogP contribution >= 0.6 is 11.3 Å². The summed E-state index contributed by atoms with van der Waals surface area (Å²) in [5, 5.41) is 14.7. The average Bonchev–Trinajstić information content (AvgIpc) is 3.02. The number of aliphatic hydroxyl groups is 1. The second-order valence-electron chi connectivity index (χ2n) is 6.25. The van der Waals surface area contributed by atoms with Gasteiger partial charge in [-0.2, -0.15) is 0 Å². The van der Waals surface area contributed by atoms with E-state index >= 15 is 0 Å². The molecule has 22 heavy (non-hydrogen) atoms. The van der Waals surface area contributed by atoms with Crippen molar-refractivity contribution >= 4 is 22.2 Å². The van der Waals surface area contributed by atoms with E-state index in [1.165, 1.54) is 0 Å². The van der Waals surface area contributed by atoms with Crippen molar-refractivity contribution in [2.75, 3.05) is 6.54 Å². The van der Waals surface area contributed by atoms with E-state index in [1.54, 1.807) is 11.3 Å². The summed E-state index contributed by atoms with van der Waals surface area (Å²) in [6.07, 6.45) is 6.96. The molecule has 2 aromatic heterocycles. The van der Waals surface area contributed by atoms with Crippen molar-refractivity contribution < 1.29 is 9.90 Å². The molecule has 0 aromatic carbocycles. The second kappa shape index (κ2) is 6.79. The SMILES string of the molecule is Cc1cn2c(CCC(=O)NCC3CCCC(O)C3)csc2n1. The molecule has 6 heteroatoms. The van der Waals surface area contributed by atoms with E-state index in [9.17, 15) is 9.90 Å². The number of hydrogen-bond acceptors (Lipinski definition) is 4. The molecule has 2 heterocycles. The van der Waals surface area contributed by atoms with Crippen LogP contribution < -0.4 is 5.32 Å². The maximum Gasteiger partial charge on any atom is 0.220 e. The van der Waals surface area contributed by atoms with Crippen molar-refractivity contribution in [3.63, 3.8) is 0 Å². The lowest BCUT2D eigenvalue weighted by molar-refractivity contribution is -0.121. The van der Waals surface area contributed by atoms with Crippen molar-refractivity contribution in [1.29, 1.82) is 0 Å². The fourth-order valence-electron chi connectivity index (χ4n) is 3.16. The van der Waals surface area contributed by atoms with Gasteiger partial charge in [-0.3, -0.25) is 9.20 Å². The van der Waals surface area contributed by atoms with Gasteiger partial charge < -0.3 is 10.4 Å². The van der Waals surface area contributed by atoms with Gasteiger partial charge in [0.25, 0.3) is 0 Å². The largest absolute Gasteiger partial charge is 0.393 e. The van der Waals surface area contributed by atoms with Gasteiger partial charge in [-0.15, -0.1) is 11.3 Å². The maximum absolute atomic E-state index is 12.0. The molecule has 1 aliphatic carbocycles. The minimum absolute atomic E-state index is 0.0938. The molecule has 1 saturated carbocycles. The van der Waals surface area contributed by atoms with Gasteiger partial charge in [0, 0.05) is 30.2 Å². The highest BCUT2D eigenvalue weighted by atomic mass is 32.1. The molecule has 0 bridgehead atoms. The lowest BCUT2D eigenvalue weighted by Gasteiger charge is -2.25. The Morgan fingerprint density at radius 2 is 2.41 bits per heavy atom. The Morgan fingerprint density at radius 1 is 1.55 bits per heavy atom. The van der Waals surface area contributed by atoms with E-state index < -0.39 is 0 Å². The second-order valence-corrected chi connectivity index (χ2v) is 7.09. The van der Waals surface area contributed by atoms with Crippen molar-refractivity contribution in [2.24, 2.45) is 5.92 Å². The molecule has 2 atom stereocenters. The third-order valence-corrected chi connectivity index (χ3v) is 5.24. The summed E-state index contributed by atoms with van der Waals surface area (Å²) in [7, 11) is 0. The number of thiazole rings is 1. The number of nitrogens with zero attached hydrogens (tertiary/aromatic N) is 2. The zero-order valence-corrected chi connectivity index (χ0v) is 13.7. The van der Waals surface area contributed by atoms with Crippen molar-refractivity contribution in [3.8, 4) is 0 Å². The Balaban J connectivity index is 1.46. The highest BCUT2D eigenvalue weighted by molar-refractivity contribution is 7.15. The van der Waals surface area contributed by atoms with Crippen LogP contribution in [0.25, 0.3) is 4.96 Å². The Bertz CT molecular complexity index is 649. The number of aryl methyl sites for hydroxylation is 2. The summed E-state index contributed by atoms with van der Waals surface area (Å²) in [6.45, 7) is 2.67. The van der Waals surface area contributed by atoms with Crippen molar-refractivity contribution in [2.45, 2.75) is 51.6 Å². The zero-order valence-electron chi connectivity index (χ0n) is 12.9. The number of imidazole rings is 1. The molecule has 2 unspecified atom stereocenters. The van der Waals surface area contributed by atoms with E-state index in [0.717, 1.165) is 48.5 Å². The van der Waals surface area contributed by atoms with Crippen molar-refractivity contribution in [3.05, 3.63) is 23.0 Å². The number of rotatable bonds is 5. The van der Waals surface area contributed by atoms with Crippen LogP contribution in [0.2, 0.25) is 0 Å². The summed E-state index contributed by atoms with van der Waals surface area (Å²) < 4.78 is 2.07. The smallest absolute Gasteiger partial charge is 0.220 e. The van der Waals surface area contributed by atoms with Gasteiger partial charge in [0.2, 0.25) is 5.91 Å². The van der Waals surface area contributed by atoms with Crippen LogP contribution in [0.1, 0.15) is 43.5 Å². The van der Waals surface area contributed by atoms with Crippen LogP contribution in [-0.4, -0.2) is 33.0 Å². The third-order valence-electron chi connectivity index (χ3n) is 4.36. The molecule has 0 saturated heterocycles. The molecular weight excluding hydrogens is 298 g/mol. The van der Waals surface area contributed by atoms with Gasteiger partial charge in [0.05, 0.1) is 11.8 Å². The molecular formula is C16H23N3O2S. The standard InChI is InChI=1S/C16H23N3O2S/c1-11-9-19-13(10-22-16(19)18-11)5-6-15(21)17-8-12-3-2-4-14(20)7-12/h9-10,12,14,20H,2-8H2,1H3,(H,17,21). The van der Waals surface area contributed by atoms with Gasteiger partial charge >= 0.3 is 0 Å². The van der Waals surface area contributed by atoms with Crippen LogP contribution in [-0.2, 0) is 11.2 Å². The number of nitrogens with one attached hydrogen (secondary N) is 1. The van der Waals surface area contributed by atoms with E-state index in [2.05, 4.69) is 20.1 Å². The van der Waals surface area contributed by atoms with E-state index in [1.807, 2.05) is 13.1 Å². The van der Waals surface area contributed by atoms with Crippen LogP contribution in [0.5, 0.6) is 0 Å². The number of aliphatic hydroxyl groups excluding tert-OH is 1. The Morgan fingerprint density at radius 3 is 3.23 bits per heavy atom. The molecule has 1 fully saturated rings. The molecule has 3 rings (SSSR count). The summed E-state index contributed by atoms with van der Waals surface area (Å²) in [6, 6.07) is 0. The summed E-state index contributed by atoms with van der Waals surface area (Å²) >= 11 is 1.62. The molecule has 1 amide bonds. The van der Waals surface area contributed by atoms with Crippen LogP contribution in [0.15, 0.2) is 11.6 Å². The highest BCUT2D eigenvalue weighted by Gasteiger charge is 2.20. The van der Waals surface area contributed by atoms with Gasteiger partial charge in [-0.25, -0.2) is 4.98 Å². The lowest BCUT2D eigenvalue weighted by Crippen LogP contribution is -2.33. The molecule has 0 spiro atoms. The first kappa shape index (κ1) is 15.5. The third kappa shape index (κ3) is 3.67. The molecule has 1 aliphatic rings. The Hall–Kier alpha value is -1.40. The Kier molecular flexibility index (Phi) is 4.78. The molecule has 5 nitrogen and oxygen atoms in total. The van der Waals surface area contributed by atoms with Crippen LogP contribution in [0.3, 0.4) is 0 Å². The van der Waals surface area contributed by atoms with Crippen LogP contribution in [0, 0.1) is 12.8 Å². The van der Waals surface area contributed by atoms with Crippen LogP contribution in [0.4, 0.5) is 0 Å². The van der Waals surface area contributed by atoms with E-state index in [4.69, 9.17) is 0 Å². The predicted molar refractivity (Wildman–Crippen MR) is 87.1 cm³/mol. The maximum atomic E-state index is 12.0. The number of aromatic nitrogens is 2. The highest BCUT2D eigenvalue weighted by Crippen LogP contribution is 2.23. The first-order chi connectivity index (χ1) is 10.6. The minimum Gasteiger partial charge on any atom is -0.393 e. The monoisotopic (exact) mass is 321 g/mol. The van der Waals surface area contributed by atoms with Gasteiger partial charge in [0.15, 0.2) is 4.96 Å². The molecule has 120 valence electrons. The van der Waals surface area contributed by atoms with Gasteiger partial charge in [-0.1, -0.05) is 6.42 Å². The van der Waals surface area contributed by atoms with Crippen molar-refractivity contribution in [1.82, 2.24) is 14.7 Å². The summed E-state index contributed by atoms with van der Waals surface area (Å²) in [5.41, 5.74) is 2.15.